The average molecular weight is 646 g/mol. The number of pyridine rings is 1. The molecule has 2 fully saturated rings. The van der Waals surface area contributed by atoms with Crippen LogP contribution >= 0.6 is 11.6 Å². The number of anilines is 1. The molecule has 2 atom stereocenters. The summed E-state index contributed by atoms with van der Waals surface area (Å²) in [6.45, 7) is 5.14. The van der Waals surface area contributed by atoms with Crippen molar-refractivity contribution in [2.45, 2.75) is 31.3 Å². The van der Waals surface area contributed by atoms with E-state index in [0.29, 0.717) is 50.7 Å². The standard InChI is InChI=1S/C33H33ClFN7O4/c1-19(35)32(44)42-13-12-41(17-21(42)9-10-36)31-29-28(38-33(39-31)46-18-22-7-5-11-40(22)2)30(45-3)25(16-37-29)24-15-23(43)14-20-6-4-8-26(34)27(20)24/h4,6,8,14-16,21-22,43H,1,5,7,9,11-13,17-18H2,2-3H3/t21-,22?/m0/s1. The fourth-order valence-corrected chi connectivity index (χ4v) is 6.67. The van der Waals surface area contributed by atoms with Gasteiger partial charge in [0.2, 0.25) is 0 Å². The number of likely N-dealkylation sites (tertiary alicyclic amines) is 1. The largest absolute Gasteiger partial charge is 0.508 e. The van der Waals surface area contributed by atoms with Crippen molar-refractivity contribution in [3.8, 4) is 34.7 Å². The summed E-state index contributed by atoms with van der Waals surface area (Å²) < 4.78 is 26.0. The summed E-state index contributed by atoms with van der Waals surface area (Å²) in [4.78, 5) is 32.4. The molecule has 2 aliphatic heterocycles. The number of methoxy groups -OCH3 is 1. The van der Waals surface area contributed by atoms with Crippen LogP contribution in [0.3, 0.4) is 0 Å². The predicted molar refractivity (Wildman–Crippen MR) is 173 cm³/mol. The molecule has 0 bridgehead atoms. The summed E-state index contributed by atoms with van der Waals surface area (Å²) >= 11 is 6.66. The van der Waals surface area contributed by atoms with E-state index < -0.39 is 17.8 Å². The van der Waals surface area contributed by atoms with Gasteiger partial charge < -0.3 is 29.3 Å². The van der Waals surface area contributed by atoms with Crippen LogP contribution in [0.4, 0.5) is 10.2 Å². The highest BCUT2D eigenvalue weighted by Gasteiger charge is 2.34. The van der Waals surface area contributed by atoms with Gasteiger partial charge in [-0.15, -0.1) is 0 Å². The molecule has 238 valence electrons. The molecule has 1 N–H and O–H groups in total. The Balaban J connectivity index is 1.50. The van der Waals surface area contributed by atoms with E-state index in [1.807, 2.05) is 17.0 Å². The SMILES string of the molecule is C=C(F)C(=O)N1CCN(c2nc(OCC3CCCN3C)nc3c(OC)c(-c4cc(O)cc5cccc(Cl)c45)cnc23)C[C@@H]1CC#N. The van der Waals surface area contributed by atoms with Gasteiger partial charge in [-0.05, 0) is 55.6 Å². The summed E-state index contributed by atoms with van der Waals surface area (Å²) in [6.07, 6.45) is 3.68. The minimum absolute atomic E-state index is 0.0118. The van der Waals surface area contributed by atoms with Crippen LogP contribution in [-0.4, -0.2) is 94.8 Å². The molecule has 1 unspecified atom stereocenters. The van der Waals surface area contributed by atoms with E-state index in [1.165, 1.54) is 12.0 Å². The topological polar surface area (TPSA) is 128 Å². The number of carbonyl (C=O) groups is 1. The number of nitrogens with zero attached hydrogens (tertiary/aromatic N) is 7. The molecular formula is C33H33ClFN7O4. The zero-order chi connectivity index (χ0) is 32.5. The number of fused-ring (bicyclic) bond motifs is 2. The Kier molecular flexibility index (Phi) is 8.80. The summed E-state index contributed by atoms with van der Waals surface area (Å²) in [7, 11) is 3.58. The van der Waals surface area contributed by atoms with Crippen molar-refractivity contribution in [2.24, 2.45) is 0 Å². The maximum Gasteiger partial charge on any atom is 0.319 e. The van der Waals surface area contributed by atoms with Crippen LogP contribution in [0.15, 0.2) is 48.9 Å². The molecule has 13 heteroatoms. The molecule has 0 saturated carbocycles. The van der Waals surface area contributed by atoms with Crippen LogP contribution in [0, 0.1) is 11.3 Å². The zero-order valence-electron chi connectivity index (χ0n) is 25.5. The van der Waals surface area contributed by atoms with Crippen molar-refractivity contribution in [2.75, 3.05) is 51.8 Å². The third-order valence-corrected chi connectivity index (χ3v) is 9.03. The fraction of sp³-hybridized carbons (Fsp3) is 0.364. The van der Waals surface area contributed by atoms with Gasteiger partial charge in [0.05, 0.1) is 25.6 Å². The van der Waals surface area contributed by atoms with Gasteiger partial charge in [0.25, 0.3) is 5.91 Å². The van der Waals surface area contributed by atoms with Crippen molar-refractivity contribution in [1.82, 2.24) is 24.8 Å². The van der Waals surface area contributed by atoms with Crippen LogP contribution in [-0.2, 0) is 4.79 Å². The Labute approximate surface area is 270 Å². The summed E-state index contributed by atoms with van der Waals surface area (Å²) in [5.74, 6) is -1.06. The lowest BCUT2D eigenvalue weighted by Crippen LogP contribution is -2.55. The normalized spacial score (nSPS) is 18.6. The van der Waals surface area contributed by atoms with E-state index in [1.54, 1.807) is 24.4 Å². The number of carbonyl (C=O) groups excluding carboxylic acids is 1. The second kappa shape index (κ2) is 12.9. The number of rotatable bonds is 8. The van der Waals surface area contributed by atoms with Gasteiger partial charge in [0.1, 0.15) is 23.4 Å². The Morgan fingerprint density at radius 1 is 1.20 bits per heavy atom. The molecule has 0 radical (unpaired) electrons. The summed E-state index contributed by atoms with van der Waals surface area (Å²) in [5, 5.41) is 22.1. The molecule has 2 saturated heterocycles. The molecule has 46 heavy (non-hydrogen) atoms. The molecule has 6 rings (SSSR count). The van der Waals surface area contributed by atoms with Crippen molar-refractivity contribution in [3.63, 3.8) is 0 Å². The number of benzene rings is 2. The number of phenols is 1. The first kappa shape index (κ1) is 31.3. The first-order chi connectivity index (χ1) is 22.2. The number of halogens is 2. The van der Waals surface area contributed by atoms with Gasteiger partial charge in [-0.3, -0.25) is 4.79 Å². The fourth-order valence-electron chi connectivity index (χ4n) is 6.39. The highest BCUT2D eigenvalue weighted by Crippen LogP contribution is 2.44. The lowest BCUT2D eigenvalue weighted by Gasteiger charge is -2.41. The van der Waals surface area contributed by atoms with E-state index in [0.717, 1.165) is 24.8 Å². The Morgan fingerprint density at radius 2 is 2.02 bits per heavy atom. The second-order valence-electron chi connectivity index (χ2n) is 11.5. The van der Waals surface area contributed by atoms with Gasteiger partial charge in [-0.1, -0.05) is 30.3 Å². The Hall–Kier alpha value is -4.73. The first-order valence-electron chi connectivity index (χ1n) is 15.0. The molecule has 11 nitrogen and oxygen atoms in total. The van der Waals surface area contributed by atoms with Crippen molar-refractivity contribution < 1.29 is 23.8 Å². The molecule has 2 aromatic carbocycles. The maximum absolute atomic E-state index is 13.9. The maximum atomic E-state index is 13.9. The van der Waals surface area contributed by atoms with Crippen LogP contribution in [0.2, 0.25) is 5.02 Å². The van der Waals surface area contributed by atoms with Crippen molar-refractivity contribution in [1.29, 1.82) is 5.26 Å². The lowest BCUT2D eigenvalue weighted by atomic mass is 9.97. The molecule has 2 aliphatic rings. The molecule has 4 heterocycles. The number of amides is 1. The minimum atomic E-state index is -1.07. The van der Waals surface area contributed by atoms with E-state index >= 15 is 0 Å². The number of piperazine rings is 1. The van der Waals surface area contributed by atoms with Gasteiger partial charge in [0.15, 0.2) is 17.4 Å². The van der Waals surface area contributed by atoms with Crippen LogP contribution < -0.4 is 14.4 Å². The quantitative estimate of drug-likeness (QED) is 0.259. The highest BCUT2D eigenvalue weighted by molar-refractivity contribution is 6.36. The number of aromatic nitrogens is 3. The highest BCUT2D eigenvalue weighted by atomic mass is 35.5. The van der Waals surface area contributed by atoms with E-state index in [-0.39, 0.29) is 43.9 Å². The molecule has 0 spiro atoms. The average Bonchev–Trinajstić information content (AvgIpc) is 3.46. The third-order valence-electron chi connectivity index (χ3n) is 8.71. The van der Waals surface area contributed by atoms with Gasteiger partial charge in [-0.2, -0.15) is 15.2 Å². The van der Waals surface area contributed by atoms with Gasteiger partial charge in [0, 0.05) is 47.8 Å². The van der Waals surface area contributed by atoms with Crippen LogP contribution in [0.5, 0.6) is 17.5 Å². The Bertz CT molecular complexity index is 1880. The zero-order valence-corrected chi connectivity index (χ0v) is 26.3. The van der Waals surface area contributed by atoms with Gasteiger partial charge in [-0.25, -0.2) is 9.37 Å². The monoisotopic (exact) mass is 645 g/mol. The number of hydrogen-bond donors (Lipinski definition) is 1. The molecule has 0 aliphatic carbocycles. The number of nitriles is 1. The minimum Gasteiger partial charge on any atom is -0.508 e. The number of likely N-dealkylation sites (N-methyl/N-ethyl adjacent to an activating group) is 1. The number of hydrogen-bond acceptors (Lipinski definition) is 10. The number of ether oxygens (including phenoxy) is 2. The molecule has 2 aromatic heterocycles. The van der Waals surface area contributed by atoms with E-state index in [9.17, 15) is 19.6 Å². The number of phenolic OH excluding ortho intramolecular Hbond substituents is 1. The van der Waals surface area contributed by atoms with Gasteiger partial charge >= 0.3 is 6.01 Å². The third kappa shape index (κ3) is 5.84. The van der Waals surface area contributed by atoms with Crippen LogP contribution in [0.25, 0.3) is 32.9 Å². The molecule has 1 amide bonds. The lowest BCUT2D eigenvalue weighted by molar-refractivity contribution is -0.131. The molecular weight excluding hydrogens is 613 g/mol. The van der Waals surface area contributed by atoms with Crippen molar-refractivity contribution >= 4 is 45.1 Å². The van der Waals surface area contributed by atoms with E-state index in [2.05, 4.69) is 24.6 Å². The van der Waals surface area contributed by atoms with Crippen LogP contribution in [0.1, 0.15) is 19.3 Å². The van der Waals surface area contributed by atoms with Crippen molar-refractivity contribution in [3.05, 3.63) is 54.0 Å². The van der Waals surface area contributed by atoms with E-state index in [4.69, 9.17) is 36.0 Å². The Morgan fingerprint density at radius 3 is 2.74 bits per heavy atom. The summed E-state index contributed by atoms with van der Waals surface area (Å²) in [5.41, 5.74) is 1.94. The second-order valence-corrected chi connectivity index (χ2v) is 11.9. The smallest absolute Gasteiger partial charge is 0.319 e. The first-order valence-corrected chi connectivity index (χ1v) is 15.3. The number of aromatic hydroxyl groups is 1. The molecule has 4 aromatic rings. The summed E-state index contributed by atoms with van der Waals surface area (Å²) in [6, 6.07) is 10.5. The predicted octanol–water partition coefficient (Wildman–Crippen LogP) is 5.10.